The Morgan fingerprint density at radius 2 is 2.00 bits per heavy atom. The summed E-state index contributed by atoms with van der Waals surface area (Å²) in [4.78, 5) is 0. The number of benzene rings is 1. The quantitative estimate of drug-likeness (QED) is 0.724. The maximum atomic E-state index is 13.3. The molecule has 1 N–H and O–H groups in total. The van der Waals surface area contributed by atoms with Crippen molar-refractivity contribution >= 4 is 0 Å². The van der Waals surface area contributed by atoms with Crippen LogP contribution in [0.3, 0.4) is 0 Å². The predicted octanol–water partition coefficient (Wildman–Crippen LogP) is 2.75. The van der Waals surface area contributed by atoms with E-state index in [1.165, 1.54) is 19.1 Å². The molecular weight excluding hydrogens is 186 g/mol. The van der Waals surface area contributed by atoms with Gasteiger partial charge < -0.3 is 5.11 Å². The first-order valence-electron chi connectivity index (χ1n) is 4.20. The fraction of sp³-hybridized carbons (Fsp3) is 0.273. The molecule has 1 aromatic rings. The van der Waals surface area contributed by atoms with Crippen molar-refractivity contribution in [2.45, 2.75) is 19.4 Å². The van der Waals surface area contributed by atoms with Crippen LogP contribution < -0.4 is 0 Å². The van der Waals surface area contributed by atoms with Crippen LogP contribution in [0.15, 0.2) is 30.4 Å². The van der Waals surface area contributed by atoms with Crippen molar-refractivity contribution in [3.8, 4) is 0 Å². The molecule has 0 radical (unpaired) electrons. The molecule has 0 heterocycles. The molecule has 0 saturated heterocycles. The Kier molecular flexibility index (Phi) is 2.71. The number of hydrogen-bond acceptors (Lipinski definition) is 1. The van der Waals surface area contributed by atoms with E-state index in [1.807, 2.05) is 0 Å². The van der Waals surface area contributed by atoms with Crippen molar-refractivity contribution < 1.29 is 13.9 Å². The van der Waals surface area contributed by atoms with Gasteiger partial charge in [0.15, 0.2) is 11.6 Å². The molecule has 0 aromatic heterocycles. The van der Waals surface area contributed by atoms with E-state index >= 15 is 0 Å². The Morgan fingerprint density at radius 3 is 2.50 bits per heavy atom. The van der Waals surface area contributed by atoms with Crippen LogP contribution in [0.1, 0.15) is 19.4 Å². The van der Waals surface area contributed by atoms with E-state index in [9.17, 15) is 13.9 Å². The number of halogens is 2. The molecule has 76 valence electrons. The van der Waals surface area contributed by atoms with Gasteiger partial charge in [-0.1, -0.05) is 18.7 Å². The molecule has 0 spiro atoms. The molecule has 0 aliphatic rings. The Morgan fingerprint density at radius 1 is 1.43 bits per heavy atom. The van der Waals surface area contributed by atoms with Gasteiger partial charge in [0.2, 0.25) is 0 Å². The molecule has 0 fully saturated rings. The van der Waals surface area contributed by atoms with Crippen molar-refractivity contribution in [2.24, 2.45) is 0 Å². The van der Waals surface area contributed by atoms with Crippen LogP contribution in [0.5, 0.6) is 0 Å². The van der Waals surface area contributed by atoms with E-state index in [0.717, 1.165) is 6.07 Å². The maximum Gasteiger partial charge on any atom is 0.165 e. The van der Waals surface area contributed by atoms with E-state index in [0.29, 0.717) is 5.57 Å². The van der Waals surface area contributed by atoms with E-state index in [1.54, 1.807) is 6.92 Å². The highest BCUT2D eigenvalue weighted by Crippen LogP contribution is 2.30. The van der Waals surface area contributed by atoms with E-state index in [4.69, 9.17) is 0 Å². The maximum absolute atomic E-state index is 13.3. The lowest BCUT2D eigenvalue weighted by atomic mass is 9.89. The summed E-state index contributed by atoms with van der Waals surface area (Å²) in [5.41, 5.74) is -1.27. The van der Waals surface area contributed by atoms with Gasteiger partial charge in [-0.3, -0.25) is 0 Å². The number of rotatable bonds is 2. The first-order valence-corrected chi connectivity index (χ1v) is 4.20. The summed E-state index contributed by atoms with van der Waals surface area (Å²) in [7, 11) is 0. The van der Waals surface area contributed by atoms with Crippen LogP contribution >= 0.6 is 0 Å². The monoisotopic (exact) mass is 198 g/mol. The van der Waals surface area contributed by atoms with Crippen molar-refractivity contribution in [2.75, 3.05) is 0 Å². The van der Waals surface area contributed by atoms with E-state index in [-0.39, 0.29) is 5.56 Å². The Hall–Kier alpha value is -1.22. The van der Waals surface area contributed by atoms with Crippen LogP contribution in [0.4, 0.5) is 8.78 Å². The molecule has 1 nitrogen and oxygen atoms in total. The molecule has 0 aliphatic carbocycles. The van der Waals surface area contributed by atoms with Crippen molar-refractivity contribution in [3.63, 3.8) is 0 Å². The van der Waals surface area contributed by atoms with Gasteiger partial charge in [-0.25, -0.2) is 8.78 Å². The molecule has 1 rings (SSSR count). The van der Waals surface area contributed by atoms with E-state index in [2.05, 4.69) is 6.58 Å². The Labute approximate surface area is 81.7 Å². The number of aliphatic hydroxyl groups is 1. The topological polar surface area (TPSA) is 20.2 Å². The first kappa shape index (κ1) is 10.9. The highest BCUT2D eigenvalue weighted by atomic mass is 19.2. The molecule has 0 amide bonds. The summed E-state index contributed by atoms with van der Waals surface area (Å²) in [5.74, 6) is -2.00. The molecular formula is C11H12F2O. The van der Waals surface area contributed by atoms with Crippen LogP contribution in [-0.2, 0) is 5.60 Å². The molecule has 0 bridgehead atoms. The Bertz CT molecular complexity index is 370. The standard InChI is InChI=1S/C11H12F2O/c1-7(2)11(3,14)8-5-4-6-9(12)10(8)13/h4-6,14H,1H2,2-3H3. The average molecular weight is 198 g/mol. The van der Waals surface area contributed by atoms with Gasteiger partial charge >= 0.3 is 0 Å². The zero-order chi connectivity index (χ0) is 10.9. The summed E-state index contributed by atoms with van der Waals surface area (Å²) in [6, 6.07) is 3.70. The molecule has 1 atom stereocenters. The second-order valence-electron chi connectivity index (χ2n) is 3.45. The zero-order valence-electron chi connectivity index (χ0n) is 8.14. The Balaban J connectivity index is 3.33. The molecule has 1 unspecified atom stereocenters. The van der Waals surface area contributed by atoms with Gasteiger partial charge in [0.1, 0.15) is 5.60 Å². The smallest absolute Gasteiger partial charge is 0.165 e. The second kappa shape index (κ2) is 3.50. The van der Waals surface area contributed by atoms with Crippen LogP contribution in [-0.4, -0.2) is 5.11 Å². The van der Waals surface area contributed by atoms with Crippen LogP contribution in [0.2, 0.25) is 0 Å². The molecule has 0 aliphatic heterocycles. The lowest BCUT2D eigenvalue weighted by Gasteiger charge is -2.24. The summed E-state index contributed by atoms with van der Waals surface area (Å²) in [6.07, 6.45) is 0. The van der Waals surface area contributed by atoms with Crippen molar-refractivity contribution in [1.29, 1.82) is 0 Å². The molecule has 1 aromatic carbocycles. The largest absolute Gasteiger partial charge is 0.381 e. The predicted molar refractivity (Wildman–Crippen MR) is 50.7 cm³/mol. The lowest BCUT2D eigenvalue weighted by molar-refractivity contribution is 0.0929. The van der Waals surface area contributed by atoms with Gasteiger partial charge in [-0.2, -0.15) is 0 Å². The summed E-state index contributed by atoms with van der Waals surface area (Å²) >= 11 is 0. The van der Waals surface area contributed by atoms with Crippen LogP contribution in [0, 0.1) is 11.6 Å². The summed E-state index contributed by atoms with van der Waals surface area (Å²) in [6.45, 7) is 6.48. The molecule has 14 heavy (non-hydrogen) atoms. The highest BCUT2D eigenvalue weighted by molar-refractivity contribution is 5.31. The minimum atomic E-state index is -1.54. The lowest BCUT2D eigenvalue weighted by Crippen LogP contribution is -2.24. The fourth-order valence-corrected chi connectivity index (χ4v) is 1.11. The van der Waals surface area contributed by atoms with Gasteiger partial charge in [-0.15, -0.1) is 0 Å². The summed E-state index contributed by atoms with van der Waals surface area (Å²) in [5, 5.41) is 9.86. The SMILES string of the molecule is C=C(C)C(C)(O)c1cccc(F)c1F. The summed E-state index contributed by atoms with van der Waals surface area (Å²) < 4.78 is 26.1. The van der Waals surface area contributed by atoms with Crippen LogP contribution in [0.25, 0.3) is 0 Å². The number of hydrogen-bond donors (Lipinski definition) is 1. The third kappa shape index (κ3) is 1.68. The molecule has 0 saturated carbocycles. The van der Waals surface area contributed by atoms with E-state index < -0.39 is 17.2 Å². The third-order valence-electron chi connectivity index (χ3n) is 2.31. The van der Waals surface area contributed by atoms with Gasteiger partial charge in [0.05, 0.1) is 0 Å². The average Bonchev–Trinajstić information content (AvgIpc) is 2.09. The third-order valence-corrected chi connectivity index (χ3v) is 2.31. The fourth-order valence-electron chi connectivity index (χ4n) is 1.11. The minimum absolute atomic E-state index is 0.0926. The van der Waals surface area contributed by atoms with Crippen molar-refractivity contribution in [1.82, 2.24) is 0 Å². The van der Waals surface area contributed by atoms with Gasteiger partial charge in [-0.05, 0) is 25.5 Å². The van der Waals surface area contributed by atoms with Gasteiger partial charge in [0, 0.05) is 5.56 Å². The van der Waals surface area contributed by atoms with Crippen molar-refractivity contribution in [3.05, 3.63) is 47.5 Å². The highest BCUT2D eigenvalue weighted by Gasteiger charge is 2.28. The first-order chi connectivity index (χ1) is 6.37. The normalized spacial score (nSPS) is 14.9. The molecule has 3 heteroatoms. The zero-order valence-corrected chi connectivity index (χ0v) is 8.14. The minimum Gasteiger partial charge on any atom is -0.381 e. The van der Waals surface area contributed by atoms with Gasteiger partial charge in [0.25, 0.3) is 0 Å². The second-order valence-corrected chi connectivity index (χ2v) is 3.45.